The van der Waals surface area contributed by atoms with Crippen LogP contribution in [0, 0.1) is 66.1 Å². The number of methoxy groups -OCH3 is 3. The van der Waals surface area contributed by atoms with E-state index < -0.39 is 26.0 Å². The van der Waals surface area contributed by atoms with Crippen LogP contribution in [0.4, 0.5) is 0 Å². The van der Waals surface area contributed by atoms with Crippen LogP contribution < -0.4 is 148 Å². The minimum Gasteiger partial charge on any atom is -1.00 e. The summed E-state index contributed by atoms with van der Waals surface area (Å²) in [5.74, 6) is 1.63. The fourth-order valence-electron chi connectivity index (χ4n) is 5.39. The van der Waals surface area contributed by atoms with Crippen molar-refractivity contribution >= 4 is 161 Å². The Balaban J connectivity index is -0.000000173. The molecular formula is C57H83Br4Cs2NO15S6. The Kier molecular flexibility index (Phi) is 61.7. The van der Waals surface area contributed by atoms with Gasteiger partial charge in [0.15, 0.2) is 0 Å². The molecule has 0 aliphatic carbocycles. The van der Waals surface area contributed by atoms with Gasteiger partial charge in [0.2, 0.25) is 0 Å². The van der Waals surface area contributed by atoms with Crippen LogP contribution in [0.15, 0.2) is 68.1 Å². The predicted molar refractivity (Wildman–Crippen MR) is 361 cm³/mol. The van der Waals surface area contributed by atoms with Crippen molar-refractivity contribution < 1.29 is 213 Å². The predicted octanol–water partition coefficient (Wildman–Crippen LogP) is 7.29. The number of nitrogens with zero attached hydrogens (tertiary/aromatic N) is 1. The minimum absolute atomic E-state index is 0. The van der Waals surface area contributed by atoms with Crippen LogP contribution in [0.2, 0.25) is 0 Å². The Labute approximate surface area is 686 Å². The third-order valence-electron chi connectivity index (χ3n) is 10.1. The molecule has 0 saturated carbocycles. The second-order valence-corrected chi connectivity index (χ2v) is 28.3. The van der Waals surface area contributed by atoms with Gasteiger partial charge in [-0.3, -0.25) is 19.2 Å². The van der Waals surface area contributed by atoms with Crippen LogP contribution in [0.25, 0.3) is 0 Å². The molecule has 85 heavy (non-hydrogen) atoms. The fourth-order valence-corrected chi connectivity index (χ4v) is 9.36. The average molecular weight is 1800 g/mol. The molecule has 0 heterocycles. The molecule has 0 saturated heterocycles. The first kappa shape index (κ1) is 97.5. The Morgan fingerprint density at radius 1 is 0.612 bits per heavy atom. The number of phenolic OH excluding ortho intramolecular Hbond substituents is 3. The van der Waals surface area contributed by atoms with Gasteiger partial charge in [-0.25, -0.2) is 0 Å². The van der Waals surface area contributed by atoms with E-state index in [4.69, 9.17) is 39.7 Å². The van der Waals surface area contributed by atoms with E-state index in [-0.39, 0.29) is 187 Å². The van der Waals surface area contributed by atoms with Crippen LogP contribution in [0.5, 0.6) is 23.0 Å². The number of thioether (sulfide) groups is 3. The zero-order valence-corrected chi connectivity index (χ0v) is 76.0. The van der Waals surface area contributed by atoms with Gasteiger partial charge < -0.3 is 56.1 Å². The quantitative estimate of drug-likeness (QED) is 0.00630. The number of aliphatic hydroxyl groups is 2. The van der Waals surface area contributed by atoms with Gasteiger partial charge in [0.25, 0.3) is 6.47 Å². The second kappa shape index (κ2) is 53.8. The molecule has 0 aromatic heterocycles. The molecule has 28 heteroatoms. The maximum atomic E-state index is 11.8. The van der Waals surface area contributed by atoms with Crippen molar-refractivity contribution in [3.05, 3.63) is 93.0 Å². The SMILES string of the molecule is BrCCBr.COC(=O)C(C)(C)Br.COC(=O)C(C)(C)Sc1cc(C)c(O)cc1C.COC(=O)C(C)(C)Sc1cc(C)c(OCCBr)cc1C.Cc1cc(S)c(C)cc1O.Cc1cc(SC#N)c(C)cc1O.O=CO[O-].OC(CS)C(O)CS.[Cs+].[Cs+].[H-]. The van der Waals surface area contributed by atoms with Crippen LogP contribution in [-0.2, 0) is 38.3 Å². The van der Waals surface area contributed by atoms with Crippen LogP contribution >= 0.6 is 137 Å². The van der Waals surface area contributed by atoms with Crippen molar-refractivity contribution in [2.24, 2.45) is 0 Å². The van der Waals surface area contributed by atoms with E-state index in [0.717, 1.165) is 97.6 Å². The Bertz CT molecular complexity index is 2580. The van der Waals surface area contributed by atoms with E-state index in [1.165, 1.54) is 44.9 Å². The number of carbonyl (C=O) groups is 4. The summed E-state index contributed by atoms with van der Waals surface area (Å²) in [6, 6.07) is 14.8. The number of aromatic hydroxyl groups is 3. The molecule has 472 valence electrons. The first-order chi connectivity index (χ1) is 38.4. The van der Waals surface area contributed by atoms with E-state index in [0.29, 0.717) is 12.4 Å². The molecule has 4 aromatic rings. The number of aryl methyl sites for hydroxylation is 8. The summed E-state index contributed by atoms with van der Waals surface area (Å²) in [6.07, 6.45) is -1.48. The summed E-state index contributed by atoms with van der Waals surface area (Å²) in [5.41, 5.74) is 7.54. The number of halogens is 4. The number of phenols is 3. The molecule has 4 rings (SSSR count). The van der Waals surface area contributed by atoms with Gasteiger partial charge in [0, 0.05) is 47.1 Å². The molecule has 4 aromatic carbocycles. The number of aliphatic hydroxyl groups excluding tert-OH is 2. The zero-order chi connectivity index (χ0) is 65.6. The monoisotopic (exact) mass is 1790 g/mol. The summed E-state index contributed by atoms with van der Waals surface area (Å²) in [7, 11) is 4.17. The molecule has 5 N–H and O–H groups in total. The van der Waals surface area contributed by atoms with Gasteiger partial charge in [0.1, 0.15) is 42.2 Å². The van der Waals surface area contributed by atoms with Gasteiger partial charge in [-0.15, -0.1) is 36.2 Å². The summed E-state index contributed by atoms with van der Waals surface area (Å²) >= 11 is 28.7. The van der Waals surface area contributed by atoms with E-state index in [1.807, 2.05) is 113 Å². The largest absolute Gasteiger partial charge is 1.00 e. The number of ether oxygens (including phenoxy) is 4. The summed E-state index contributed by atoms with van der Waals surface area (Å²) in [6.45, 7) is 26.6. The van der Waals surface area contributed by atoms with Crippen molar-refractivity contribution in [2.45, 2.75) is 143 Å². The van der Waals surface area contributed by atoms with Gasteiger partial charge in [-0.1, -0.05) is 63.7 Å². The number of alkyl halides is 4. The molecule has 16 nitrogen and oxygen atoms in total. The number of rotatable bonds is 16. The number of hydrogen-bond acceptors (Lipinski definition) is 22. The molecule has 2 unspecified atom stereocenters. The number of nitriles is 1. The van der Waals surface area contributed by atoms with Crippen molar-refractivity contribution in [1.29, 1.82) is 5.26 Å². The van der Waals surface area contributed by atoms with E-state index in [9.17, 15) is 29.7 Å². The molecule has 0 radical (unpaired) electrons. The Morgan fingerprint density at radius 3 is 1.24 bits per heavy atom. The molecular weight excluding hydrogens is 1720 g/mol. The smallest absolute Gasteiger partial charge is 1.00 e. The molecule has 0 spiro atoms. The minimum atomic E-state index is -0.740. The first-order valence-corrected chi connectivity index (χ1v) is 32.9. The number of thiol groups is 3. The van der Waals surface area contributed by atoms with Crippen LogP contribution in [-0.4, -0.2) is 131 Å². The third-order valence-corrected chi connectivity index (χ3v) is 17.3. The molecule has 0 bridgehead atoms. The second-order valence-electron chi connectivity index (χ2n) is 18.6. The topological polar surface area (TPSA) is 262 Å². The Hall–Kier alpha value is 1.45. The van der Waals surface area contributed by atoms with Crippen molar-refractivity contribution in [1.82, 2.24) is 0 Å². The number of esters is 3. The van der Waals surface area contributed by atoms with Gasteiger partial charge >= 0.3 is 156 Å². The first-order valence-electron chi connectivity index (χ1n) is 24.6. The summed E-state index contributed by atoms with van der Waals surface area (Å²) in [4.78, 5) is 49.1. The normalized spacial score (nSPS) is 10.8. The maximum Gasteiger partial charge on any atom is 1.00 e. The van der Waals surface area contributed by atoms with E-state index in [1.54, 1.807) is 32.0 Å². The maximum absolute atomic E-state index is 11.8. The van der Waals surface area contributed by atoms with Crippen molar-refractivity contribution in [2.75, 3.05) is 55.4 Å². The number of benzene rings is 4. The van der Waals surface area contributed by atoms with Gasteiger partial charge in [-0.05, 0) is 202 Å². The van der Waals surface area contributed by atoms with E-state index in [2.05, 4.69) is 117 Å². The van der Waals surface area contributed by atoms with Gasteiger partial charge in [0.05, 0.1) is 40.1 Å². The van der Waals surface area contributed by atoms with E-state index >= 15 is 0 Å². The number of hydrogen-bond donors (Lipinski definition) is 8. The standard InChI is InChI=1S/C15H21BrO3S.C13H18O3S.C9H9NOS.C8H10OS.C5H9BrO2.C4H10O2S2.C2H4Br2.CH2O3.2Cs.H/c1-10-9-13(20-15(3,4)14(17)18-5)11(2)8-12(10)19-7-6-16;1-8-7-11(9(2)6-10(8)14)17-13(3,4)12(15)16-5;1-6-4-9(12-5-10)7(2)3-8(6)11;1-5-4-8(10)6(2)3-7(5)9;1-5(2,6)4(7)8-3;5-3(1-7)4(6)2-8;3-1-2-4;2-1-4-3;;;/h8-9H,6-7H2,1-5H3;6-7,14H,1-5H3;3-4,11H,1-2H3;3-4,9-10H,1-2H3;1-3H3;3-8H,1-2H2;1-2H2;1,3H;;;/q;;;;;;;;2*+1;-1/p-1. The Morgan fingerprint density at radius 2 is 0.941 bits per heavy atom. The van der Waals surface area contributed by atoms with Crippen molar-refractivity contribution in [3.8, 4) is 28.4 Å². The number of carbonyl (C=O) groups excluding carboxylic acids is 4. The molecule has 0 aliphatic rings. The summed E-state index contributed by atoms with van der Waals surface area (Å²) in [5, 5.41) is 67.4. The van der Waals surface area contributed by atoms with Crippen molar-refractivity contribution in [3.63, 3.8) is 0 Å². The fraction of sp³-hybridized carbons (Fsp3) is 0.491. The number of thiocyanates is 1. The van der Waals surface area contributed by atoms with Crippen LogP contribution in [0.1, 0.15) is 87.5 Å². The average Bonchev–Trinajstić information content (AvgIpc) is 3.65. The summed E-state index contributed by atoms with van der Waals surface area (Å²) < 4.78 is 17.9. The molecule has 0 aliphatic heterocycles. The molecule has 0 fully saturated rings. The van der Waals surface area contributed by atoms with Crippen LogP contribution in [0.3, 0.4) is 0 Å². The zero-order valence-electron chi connectivity index (χ0n) is 52.9. The third kappa shape index (κ3) is 43.9. The van der Waals surface area contributed by atoms with Gasteiger partial charge in [-0.2, -0.15) is 30.5 Å². The molecule has 2 atom stereocenters. The molecule has 0 amide bonds.